The first kappa shape index (κ1) is 17.4. The monoisotopic (exact) mass is 358 g/mol. The summed E-state index contributed by atoms with van der Waals surface area (Å²) in [6.07, 6.45) is 8.25. The second-order valence-corrected chi connectivity index (χ2v) is 7.28. The summed E-state index contributed by atoms with van der Waals surface area (Å²) in [5, 5.41) is 3.31. The number of aromatic nitrogens is 4. The molecule has 2 aliphatic heterocycles. The zero-order valence-electron chi connectivity index (χ0n) is 15.2. The number of ether oxygens (including phenoxy) is 2. The van der Waals surface area contributed by atoms with Crippen LogP contribution >= 0.6 is 0 Å². The van der Waals surface area contributed by atoms with Gasteiger partial charge in [-0.15, -0.1) is 0 Å². The van der Waals surface area contributed by atoms with E-state index in [1.165, 1.54) is 5.69 Å². The van der Waals surface area contributed by atoms with Gasteiger partial charge in [0.05, 0.1) is 31.8 Å². The van der Waals surface area contributed by atoms with Crippen LogP contribution in [0.15, 0.2) is 31.0 Å². The number of imidazole rings is 1. The third-order valence-electron chi connectivity index (χ3n) is 5.13. The minimum atomic E-state index is -0.223. The van der Waals surface area contributed by atoms with Gasteiger partial charge in [0.2, 0.25) is 5.95 Å². The van der Waals surface area contributed by atoms with Crippen molar-refractivity contribution in [2.75, 3.05) is 44.8 Å². The lowest BCUT2D eigenvalue weighted by molar-refractivity contribution is -0.0563. The van der Waals surface area contributed by atoms with Crippen LogP contribution in [0, 0.1) is 5.92 Å². The average Bonchev–Trinajstić information content (AvgIpc) is 3.18. The van der Waals surface area contributed by atoms with Gasteiger partial charge in [-0.25, -0.2) is 15.0 Å². The van der Waals surface area contributed by atoms with Crippen LogP contribution in [0.5, 0.6) is 0 Å². The number of hydrogen-bond donors (Lipinski definition) is 1. The van der Waals surface area contributed by atoms with Gasteiger partial charge in [-0.3, -0.25) is 4.90 Å². The van der Waals surface area contributed by atoms with Crippen LogP contribution in [-0.4, -0.2) is 69.5 Å². The Kier molecular flexibility index (Phi) is 5.14. The fourth-order valence-electron chi connectivity index (χ4n) is 3.79. The van der Waals surface area contributed by atoms with Crippen molar-refractivity contribution in [3.05, 3.63) is 36.7 Å². The summed E-state index contributed by atoms with van der Waals surface area (Å²) in [6.45, 7) is 5.62. The van der Waals surface area contributed by atoms with Crippen LogP contribution in [0.2, 0.25) is 0 Å². The smallest absolute Gasteiger partial charge is 0.222 e. The quantitative estimate of drug-likeness (QED) is 0.852. The molecule has 26 heavy (non-hydrogen) atoms. The van der Waals surface area contributed by atoms with Gasteiger partial charge in [0, 0.05) is 57.7 Å². The summed E-state index contributed by atoms with van der Waals surface area (Å²) >= 11 is 0. The minimum Gasteiger partial charge on any atom is -0.377 e. The molecule has 4 rings (SSSR count). The first-order valence-corrected chi connectivity index (χ1v) is 9.13. The van der Waals surface area contributed by atoms with E-state index in [-0.39, 0.29) is 5.60 Å². The summed E-state index contributed by atoms with van der Waals surface area (Å²) in [4.78, 5) is 15.1. The van der Waals surface area contributed by atoms with Gasteiger partial charge in [-0.05, 0) is 12.5 Å². The van der Waals surface area contributed by atoms with E-state index in [4.69, 9.17) is 9.47 Å². The van der Waals surface area contributed by atoms with Crippen molar-refractivity contribution in [1.82, 2.24) is 24.4 Å². The highest BCUT2D eigenvalue weighted by Crippen LogP contribution is 2.33. The summed E-state index contributed by atoms with van der Waals surface area (Å²) in [5.41, 5.74) is 0.985. The molecule has 1 N–H and O–H groups in total. The Morgan fingerprint density at radius 1 is 1.35 bits per heavy atom. The predicted molar refractivity (Wildman–Crippen MR) is 96.6 cm³/mol. The molecule has 0 aromatic carbocycles. The van der Waals surface area contributed by atoms with Crippen molar-refractivity contribution in [3.8, 4) is 0 Å². The molecule has 0 aliphatic carbocycles. The Labute approximate surface area is 153 Å². The molecule has 0 amide bonds. The molecule has 4 heterocycles. The van der Waals surface area contributed by atoms with Crippen molar-refractivity contribution in [2.45, 2.75) is 18.6 Å². The molecule has 2 fully saturated rings. The maximum absolute atomic E-state index is 6.27. The number of rotatable bonds is 5. The molecule has 0 radical (unpaired) electrons. The highest BCUT2D eigenvalue weighted by Gasteiger charge is 2.43. The fraction of sp³-hybridized carbons (Fsp3) is 0.611. The van der Waals surface area contributed by atoms with Crippen molar-refractivity contribution in [3.63, 3.8) is 0 Å². The van der Waals surface area contributed by atoms with E-state index >= 15 is 0 Å². The van der Waals surface area contributed by atoms with Gasteiger partial charge in [0.25, 0.3) is 0 Å². The topological polar surface area (TPSA) is 77.3 Å². The minimum absolute atomic E-state index is 0.223. The van der Waals surface area contributed by atoms with Gasteiger partial charge in [0.15, 0.2) is 0 Å². The van der Waals surface area contributed by atoms with Crippen LogP contribution in [0.25, 0.3) is 0 Å². The Morgan fingerprint density at radius 2 is 2.23 bits per heavy atom. The van der Waals surface area contributed by atoms with Crippen molar-refractivity contribution in [1.29, 1.82) is 0 Å². The van der Waals surface area contributed by atoms with Gasteiger partial charge < -0.3 is 19.4 Å². The molecule has 0 bridgehead atoms. The Morgan fingerprint density at radius 3 is 3.04 bits per heavy atom. The van der Waals surface area contributed by atoms with Gasteiger partial charge >= 0.3 is 0 Å². The van der Waals surface area contributed by atoms with Crippen LogP contribution < -0.4 is 5.32 Å². The Hall–Kier alpha value is -2.03. The van der Waals surface area contributed by atoms with Crippen LogP contribution in [-0.2, 0) is 23.1 Å². The molecule has 8 nitrogen and oxygen atoms in total. The maximum Gasteiger partial charge on any atom is 0.222 e. The number of hydrogen-bond acceptors (Lipinski definition) is 7. The Bertz CT molecular complexity index is 709. The lowest BCUT2D eigenvalue weighted by Crippen LogP contribution is -2.44. The molecule has 2 atom stereocenters. The normalized spacial score (nSPS) is 26.9. The molecule has 0 saturated carbocycles. The number of nitrogens with one attached hydrogen (secondary N) is 1. The van der Waals surface area contributed by atoms with Crippen molar-refractivity contribution in [2.24, 2.45) is 13.0 Å². The lowest BCUT2D eigenvalue weighted by Gasteiger charge is -2.31. The number of aryl methyl sites for hydroxylation is 1. The fourth-order valence-corrected chi connectivity index (χ4v) is 3.79. The molecule has 140 valence electrons. The largest absolute Gasteiger partial charge is 0.377 e. The molecule has 2 saturated heterocycles. The average molecular weight is 358 g/mol. The molecule has 2 aromatic rings. The predicted octanol–water partition coefficient (Wildman–Crippen LogP) is 0.930. The summed E-state index contributed by atoms with van der Waals surface area (Å²) in [6, 6.07) is 1.82. The zero-order valence-corrected chi connectivity index (χ0v) is 15.2. The third kappa shape index (κ3) is 4.03. The van der Waals surface area contributed by atoms with E-state index in [2.05, 4.69) is 29.7 Å². The van der Waals surface area contributed by atoms with Crippen molar-refractivity contribution >= 4 is 5.95 Å². The maximum atomic E-state index is 6.27. The van der Waals surface area contributed by atoms with E-state index < -0.39 is 0 Å². The van der Waals surface area contributed by atoms with E-state index in [9.17, 15) is 0 Å². The van der Waals surface area contributed by atoms with Crippen molar-refractivity contribution < 1.29 is 9.47 Å². The second kappa shape index (κ2) is 7.69. The van der Waals surface area contributed by atoms with Crippen LogP contribution in [0.3, 0.4) is 0 Å². The van der Waals surface area contributed by atoms with E-state index in [0.717, 1.165) is 45.8 Å². The first-order valence-electron chi connectivity index (χ1n) is 9.13. The summed E-state index contributed by atoms with van der Waals surface area (Å²) < 4.78 is 14.2. The summed E-state index contributed by atoms with van der Waals surface area (Å²) in [7, 11) is 2.03. The lowest BCUT2D eigenvalue weighted by atomic mass is 9.94. The molecule has 2 aliphatic rings. The van der Waals surface area contributed by atoms with Gasteiger partial charge in [0.1, 0.15) is 5.60 Å². The number of nitrogens with zero attached hydrogens (tertiary/aromatic N) is 5. The highest BCUT2D eigenvalue weighted by molar-refractivity contribution is 5.22. The molecule has 2 aromatic heterocycles. The SMILES string of the molecule is Cn1cncc1CN1CCOC[C@@]2(C[C@H](CNc3ncccn3)CO2)C1. The Balaban J connectivity index is 1.35. The first-order chi connectivity index (χ1) is 12.7. The van der Waals surface area contributed by atoms with Crippen LogP contribution in [0.4, 0.5) is 5.95 Å². The molecular weight excluding hydrogens is 332 g/mol. The second-order valence-electron chi connectivity index (χ2n) is 7.28. The summed E-state index contributed by atoms with van der Waals surface area (Å²) in [5.74, 6) is 1.10. The highest BCUT2D eigenvalue weighted by atomic mass is 16.5. The standard InChI is InChI=1S/C18H26N6O2/c1-23-14-19-9-16(23)10-24-5-6-25-13-18(12-24)7-15(11-26-18)8-22-17-20-3-2-4-21-17/h2-4,9,14-15H,5-8,10-13H2,1H3,(H,20,21,22)/t15-,18-/m1/s1. The molecule has 8 heteroatoms. The number of anilines is 1. The third-order valence-corrected chi connectivity index (χ3v) is 5.13. The zero-order chi connectivity index (χ0) is 17.8. The van der Waals surface area contributed by atoms with Gasteiger partial charge in [-0.1, -0.05) is 0 Å². The molecule has 1 spiro atoms. The van der Waals surface area contributed by atoms with E-state index in [1.54, 1.807) is 12.4 Å². The van der Waals surface area contributed by atoms with Gasteiger partial charge in [-0.2, -0.15) is 0 Å². The molecule has 0 unspecified atom stereocenters. The van der Waals surface area contributed by atoms with Crippen LogP contribution in [0.1, 0.15) is 12.1 Å². The van der Waals surface area contributed by atoms with E-state index in [0.29, 0.717) is 18.5 Å². The van der Waals surface area contributed by atoms with E-state index in [1.807, 2.05) is 25.6 Å². The molecular formula is C18H26N6O2.